The van der Waals surface area contributed by atoms with Gasteiger partial charge in [-0.25, -0.2) is 4.79 Å². The van der Waals surface area contributed by atoms with Crippen LogP contribution < -0.4 is 15.0 Å². The summed E-state index contributed by atoms with van der Waals surface area (Å²) in [5, 5.41) is 12.3. The molecule has 0 atom stereocenters. The van der Waals surface area contributed by atoms with Crippen molar-refractivity contribution in [2.24, 2.45) is 0 Å². The van der Waals surface area contributed by atoms with Gasteiger partial charge >= 0.3 is 5.97 Å². The van der Waals surface area contributed by atoms with Crippen LogP contribution in [0.5, 0.6) is 11.5 Å². The molecule has 2 N–H and O–H groups in total. The van der Waals surface area contributed by atoms with Crippen molar-refractivity contribution in [2.45, 2.75) is 40.2 Å². The predicted molar refractivity (Wildman–Crippen MR) is 149 cm³/mol. The van der Waals surface area contributed by atoms with E-state index >= 15 is 0 Å². The van der Waals surface area contributed by atoms with Crippen LogP contribution >= 0.6 is 0 Å². The predicted octanol–water partition coefficient (Wildman–Crippen LogP) is 4.64. The average molecular weight is 527 g/mol. The number of amides is 1. The first-order valence-electron chi connectivity index (χ1n) is 12.1. The molecule has 0 bridgehead atoms. The summed E-state index contributed by atoms with van der Waals surface area (Å²) in [6, 6.07) is 6.11. The zero-order valence-electron chi connectivity index (χ0n) is 23.4. The van der Waals surface area contributed by atoms with Gasteiger partial charge in [-0.05, 0) is 58.4 Å². The van der Waals surface area contributed by atoms with Crippen molar-refractivity contribution in [2.75, 3.05) is 44.6 Å². The van der Waals surface area contributed by atoms with E-state index in [-0.39, 0.29) is 30.5 Å². The van der Waals surface area contributed by atoms with Gasteiger partial charge in [0.25, 0.3) is 5.91 Å². The number of nitrogens with zero attached hydrogens (tertiary/aromatic N) is 3. The van der Waals surface area contributed by atoms with Crippen molar-refractivity contribution in [1.82, 2.24) is 9.55 Å². The Hall–Kier alpha value is -4.05. The van der Waals surface area contributed by atoms with Crippen LogP contribution in [0.25, 0.3) is 5.70 Å². The minimum absolute atomic E-state index is 0.0146. The summed E-state index contributed by atoms with van der Waals surface area (Å²) >= 11 is 0. The summed E-state index contributed by atoms with van der Waals surface area (Å²) in [6.07, 6.45) is 7.52. The van der Waals surface area contributed by atoms with Crippen LogP contribution in [0.15, 0.2) is 54.1 Å². The van der Waals surface area contributed by atoms with E-state index < -0.39 is 17.5 Å². The highest BCUT2D eigenvalue weighted by Gasteiger charge is 2.32. The smallest absolute Gasteiger partial charge is 0.359 e. The molecule has 38 heavy (non-hydrogen) atoms. The van der Waals surface area contributed by atoms with Gasteiger partial charge in [-0.2, -0.15) is 4.98 Å². The Kier molecular flexibility index (Phi) is 10.7. The molecule has 0 saturated heterocycles. The fourth-order valence-corrected chi connectivity index (χ4v) is 3.65. The maximum absolute atomic E-state index is 13.7. The van der Waals surface area contributed by atoms with Gasteiger partial charge in [0.1, 0.15) is 17.1 Å². The Bertz CT molecular complexity index is 1220. The number of aromatic nitrogens is 2. The van der Waals surface area contributed by atoms with E-state index in [1.54, 1.807) is 49.5 Å². The van der Waals surface area contributed by atoms with Crippen LogP contribution in [0, 0.1) is 0 Å². The summed E-state index contributed by atoms with van der Waals surface area (Å²) in [5.41, 5.74) is 0.638. The van der Waals surface area contributed by atoms with Gasteiger partial charge in [-0.3, -0.25) is 9.36 Å². The molecular weight excluding hydrogens is 488 g/mol. The lowest BCUT2D eigenvalue weighted by Crippen LogP contribution is -2.34. The number of carbonyl (C=O) groups is 2. The van der Waals surface area contributed by atoms with Gasteiger partial charge < -0.3 is 29.5 Å². The maximum Gasteiger partial charge on any atom is 0.359 e. The molecule has 0 aliphatic carbocycles. The monoisotopic (exact) mass is 526 g/mol. The van der Waals surface area contributed by atoms with Crippen LogP contribution in [0.3, 0.4) is 0 Å². The SMILES string of the molecule is C\C=C/C(C)=C(\C=C/C)n1c(N(C)C)nc(NC(=O)COc2cccc(O)c2)c1C(=O)OC(C)(C)COC. The summed E-state index contributed by atoms with van der Waals surface area (Å²) < 4.78 is 18.2. The van der Waals surface area contributed by atoms with Crippen molar-refractivity contribution in [3.05, 3.63) is 59.8 Å². The second-order valence-corrected chi connectivity index (χ2v) is 9.32. The highest BCUT2D eigenvalue weighted by molar-refractivity contribution is 6.01. The zero-order chi connectivity index (χ0) is 28.5. The zero-order valence-corrected chi connectivity index (χ0v) is 23.4. The van der Waals surface area contributed by atoms with Crippen LogP contribution in [-0.2, 0) is 14.3 Å². The van der Waals surface area contributed by atoms with Gasteiger partial charge in [0.15, 0.2) is 18.1 Å². The number of imidazole rings is 1. The van der Waals surface area contributed by atoms with Gasteiger partial charge in [0.2, 0.25) is 5.95 Å². The first kappa shape index (κ1) is 30.2. The molecule has 0 aliphatic rings. The van der Waals surface area contributed by atoms with Crippen molar-refractivity contribution in [3.8, 4) is 11.5 Å². The van der Waals surface area contributed by atoms with Crippen molar-refractivity contribution in [1.29, 1.82) is 0 Å². The molecule has 2 rings (SSSR count). The van der Waals surface area contributed by atoms with Crippen LogP contribution in [0.2, 0.25) is 0 Å². The molecule has 1 heterocycles. The Morgan fingerprint density at radius 3 is 2.45 bits per heavy atom. The Balaban J connectivity index is 2.63. The minimum atomic E-state index is -0.943. The van der Waals surface area contributed by atoms with Crippen molar-refractivity contribution >= 4 is 29.3 Å². The fourth-order valence-electron chi connectivity index (χ4n) is 3.65. The summed E-state index contributed by atoms with van der Waals surface area (Å²) in [4.78, 5) is 32.9. The second kappa shape index (κ2) is 13.5. The molecule has 1 aromatic carbocycles. The average Bonchev–Trinajstić information content (AvgIpc) is 3.20. The van der Waals surface area contributed by atoms with E-state index in [0.29, 0.717) is 17.4 Å². The third kappa shape index (κ3) is 7.97. The number of phenols is 1. The van der Waals surface area contributed by atoms with Gasteiger partial charge in [-0.1, -0.05) is 24.3 Å². The van der Waals surface area contributed by atoms with Gasteiger partial charge in [0, 0.05) is 27.3 Å². The number of anilines is 2. The van der Waals surface area contributed by atoms with E-state index in [2.05, 4.69) is 10.3 Å². The lowest BCUT2D eigenvalue weighted by molar-refractivity contribution is -0.118. The number of allylic oxidation sites excluding steroid dienone is 6. The molecule has 206 valence electrons. The van der Waals surface area contributed by atoms with E-state index in [9.17, 15) is 14.7 Å². The number of hydrogen-bond donors (Lipinski definition) is 2. The number of phenolic OH excluding ortho intramolecular Hbond substituents is 1. The van der Waals surface area contributed by atoms with Gasteiger partial charge in [-0.15, -0.1) is 0 Å². The third-order valence-electron chi connectivity index (χ3n) is 5.15. The number of esters is 1. The molecule has 10 nitrogen and oxygen atoms in total. The van der Waals surface area contributed by atoms with Crippen LogP contribution in [-0.4, -0.2) is 66.6 Å². The minimum Gasteiger partial charge on any atom is -0.508 e. The first-order chi connectivity index (χ1) is 17.9. The molecule has 1 amide bonds. The third-order valence-corrected chi connectivity index (χ3v) is 5.15. The van der Waals surface area contributed by atoms with Crippen molar-refractivity contribution in [3.63, 3.8) is 0 Å². The van der Waals surface area contributed by atoms with E-state index in [0.717, 1.165) is 5.57 Å². The van der Waals surface area contributed by atoms with Gasteiger partial charge in [0.05, 0.1) is 12.3 Å². The fraction of sp³-hybridized carbons (Fsp3) is 0.393. The number of hydrogen-bond acceptors (Lipinski definition) is 8. The molecule has 0 spiro atoms. The number of methoxy groups -OCH3 is 1. The number of aromatic hydroxyl groups is 1. The number of rotatable bonds is 12. The molecule has 0 radical (unpaired) electrons. The summed E-state index contributed by atoms with van der Waals surface area (Å²) in [6.45, 7) is 8.96. The number of ether oxygens (including phenoxy) is 3. The number of nitrogens with one attached hydrogen (secondary N) is 1. The first-order valence-corrected chi connectivity index (χ1v) is 12.1. The summed E-state index contributed by atoms with van der Waals surface area (Å²) in [7, 11) is 5.10. The lowest BCUT2D eigenvalue weighted by atomic mass is 10.1. The Labute approximate surface area is 224 Å². The molecule has 1 aromatic heterocycles. The second-order valence-electron chi connectivity index (χ2n) is 9.32. The normalized spacial score (nSPS) is 12.5. The topological polar surface area (TPSA) is 115 Å². The molecule has 0 fully saturated rings. The number of benzene rings is 1. The molecule has 0 aliphatic heterocycles. The van der Waals surface area contributed by atoms with E-state index in [4.69, 9.17) is 14.2 Å². The van der Waals surface area contributed by atoms with Crippen molar-refractivity contribution < 1.29 is 28.9 Å². The standard InChI is InChI=1S/C28H38N4O6/c1-9-12-19(3)22(13-10-2)32-24(26(35)38-28(4,5)18-36-8)25(30-27(32)31(6)7)29-23(34)17-37-21-15-11-14-20(33)16-21/h9-16,33H,17-18H2,1-8H3,(H,29,34)/b12-9-,13-10-,22-19+. The molecule has 10 heteroatoms. The Morgan fingerprint density at radius 2 is 1.87 bits per heavy atom. The molecule has 0 unspecified atom stereocenters. The quantitative estimate of drug-likeness (QED) is 0.304. The highest BCUT2D eigenvalue weighted by Crippen LogP contribution is 2.31. The largest absolute Gasteiger partial charge is 0.508 e. The van der Waals surface area contributed by atoms with E-state index in [1.165, 1.54) is 19.2 Å². The lowest BCUT2D eigenvalue weighted by Gasteiger charge is -2.25. The number of carbonyl (C=O) groups excluding carboxylic acids is 2. The maximum atomic E-state index is 13.7. The molecule has 2 aromatic rings. The van der Waals surface area contributed by atoms with E-state index in [1.807, 2.05) is 45.1 Å². The van der Waals surface area contributed by atoms with Crippen LogP contribution in [0.1, 0.15) is 45.1 Å². The highest BCUT2D eigenvalue weighted by atomic mass is 16.6. The van der Waals surface area contributed by atoms with Crippen LogP contribution in [0.4, 0.5) is 11.8 Å². The molecule has 0 saturated carbocycles. The molecular formula is C28H38N4O6. The summed E-state index contributed by atoms with van der Waals surface area (Å²) in [5.74, 6) is -0.474. The Morgan fingerprint density at radius 1 is 1.18 bits per heavy atom.